The highest BCUT2D eigenvalue weighted by atomic mass is 79.9. The quantitative estimate of drug-likeness (QED) is 0.835. The molecule has 76 valence electrons. The van der Waals surface area contributed by atoms with Gasteiger partial charge in [0.2, 0.25) is 0 Å². The van der Waals surface area contributed by atoms with Gasteiger partial charge in [0.15, 0.2) is 4.73 Å². The standard InChI is InChI=1S/C10H14BrN3/c11-9-13-6-7-2-1-3-8(14(7)9)10(12)4-5-10/h6,8H,1-5,12H2. The third-order valence-electron chi connectivity index (χ3n) is 3.54. The number of rotatable bonds is 1. The Kier molecular flexibility index (Phi) is 1.80. The molecule has 2 heterocycles. The molecule has 1 aromatic heterocycles. The number of aryl methyl sites for hydroxylation is 1. The molecule has 1 fully saturated rings. The van der Waals surface area contributed by atoms with E-state index in [-0.39, 0.29) is 5.54 Å². The lowest BCUT2D eigenvalue weighted by Gasteiger charge is -2.31. The van der Waals surface area contributed by atoms with E-state index in [1.54, 1.807) is 0 Å². The Morgan fingerprint density at radius 1 is 1.57 bits per heavy atom. The molecule has 0 aromatic carbocycles. The summed E-state index contributed by atoms with van der Waals surface area (Å²) in [5, 5.41) is 0. The lowest BCUT2D eigenvalue weighted by molar-refractivity contribution is 0.321. The summed E-state index contributed by atoms with van der Waals surface area (Å²) in [5.41, 5.74) is 7.70. The number of nitrogens with two attached hydrogens (primary N) is 1. The smallest absolute Gasteiger partial charge is 0.177 e. The number of hydrogen-bond donors (Lipinski definition) is 1. The molecule has 1 aromatic rings. The zero-order valence-electron chi connectivity index (χ0n) is 8.04. The molecule has 1 saturated carbocycles. The number of imidazole rings is 1. The Morgan fingerprint density at radius 2 is 2.36 bits per heavy atom. The van der Waals surface area contributed by atoms with E-state index in [0.29, 0.717) is 6.04 Å². The van der Waals surface area contributed by atoms with E-state index in [9.17, 15) is 0 Å². The van der Waals surface area contributed by atoms with Crippen molar-refractivity contribution in [2.24, 2.45) is 5.73 Å². The van der Waals surface area contributed by atoms with Crippen LogP contribution < -0.4 is 5.73 Å². The van der Waals surface area contributed by atoms with E-state index < -0.39 is 0 Å². The van der Waals surface area contributed by atoms with Gasteiger partial charge in [-0.15, -0.1) is 0 Å². The molecule has 2 N–H and O–H groups in total. The van der Waals surface area contributed by atoms with Crippen molar-refractivity contribution in [3.8, 4) is 0 Å². The summed E-state index contributed by atoms with van der Waals surface area (Å²) >= 11 is 3.51. The minimum absolute atomic E-state index is 0.0678. The van der Waals surface area contributed by atoms with Gasteiger partial charge >= 0.3 is 0 Å². The average molecular weight is 256 g/mol. The molecule has 0 radical (unpaired) electrons. The molecule has 1 unspecified atom stereocenters. The molecule has 4 heteroatoms. The first-order valence-corrected chi connectivity index (χ1v) is 6.00. The summed E-state index contributed by atoms with van der Waals surface area (Å²) in [6, 6.07) is 0.475. The van der Waals surface area contributed by atoms with Crippen molar-refractivity contribution in [3.63, 3.8) is 0 Å². The average Bonchev–Trinajstić information content (AvgIpc) is 2.83. The summed E-state index contributed by atoms with van der Waals surface area (Å²) in [4.78, 5) is 4.31. The summed E-state index contributed by atoms with van der Waals surface area (Å²) < 4.78 is 3.25. The van der Waals surface area contributed by atoms with Crippen LogP contribution in [0.4, 0.5) is 0 Å². The van der Waals surface area contributed by atoms with Crippen LogP contribution in [0.25, 0.3) is 0 Å². The molecule has 0 spiro atoms. The van der Waals surface area contributed by atoms with Gasteiger partial charge in [-0.2, -0.15) is 0 Å². The van der Waals surface area contributed by atoms with Crippen LogP contribution >= 0.6 is 15.9 Å². The van der Waals surface area contributed by atoms with E-state index in [2.05, 4.69) is 25.5 Å². The Labute approximate surface area is 91.8 Å². The lowest BCUT2D eigenvalue weighted by Crippen LogP contribution is -2.37. The summed E-state index contributed by atoms with van der Waals surface area (Å²) in [6.45, 7) is 0. The molecule has 14 heavy (non-hydrogen) atoms. The highest BCUT2D eigenvalue weighted by molar-refractivity contribution is 9.10. The van der Waals surface area contributed by atoms with Gasteiger partial charge in [-0.05, 0) is 48.0 Å². The number of halogens is 1. The van der Waals surface area contributed by atoms with Crippen LogP contribution in [0.2, 0.25) is 0 Å². The van der Waals surface area contributed by atoms with Crippen molar-refractivity contribution in [3.05, 3.63) is 16.6 Å². The minimum atomic E-state index is 0.0678. The topological polar surface area (TPSA) is 43.8 Å². The van der Waals surface area contributed by atoms with Crippen molar-refractivity contribution in [1.29, 1.82) is 0 Å². The Morgan fingerprint density at radius 3 is 3.07 bits per heavy atom. The van der Waals surface area contributed by atoms with Crippen molar-refractivity contribution < 1.29 is 0 Å². The molecule has 3 nitrogen and oxygen atoms in total. The van der Waals surface area contributed by atoms with E-state index >= 15 is 0 Å². The zero-order valence-corrected chi connectivity index (χ0v) is 9.63. The van der Waals surface area contributed by atoms with Crippen LogP contribution in [0.5, 0.6) is 0 Å². The van der Waals surface area contributed by atoms with Gasteiger partial charge in [0.25, 0.3) is 0 Å². The number of aromatic nitrogens is 2. The SMILES string of the molecule is NC1(C2CCCc3cnc(Br)n32)CC1. The van der Waals surface area contributed by atoms with Crippen molar-refractivity contribution >= 4 is 15.9 Å². The van der Waals surface area contributed by atoms with Gasteiger partial charge < -0.3 is 10.3 Å². The molecule has 0 saturated heterocycles. The summed E-state index contributed by atoms with van der Waals surface area (Å²) in [5.74, 6) is 0. The maximum atomic E-state index is 6.29. The van der Waals surface area contributed by atoms with Gasteiger partial charge in [-0.1, -0.05) is 0 Å². The fourth-order valence-electron chi connectivity index (χ4n) is 2.51. The lowest BCUT2D eigenvalue weighted by atomic mass is 9.95. The van der Waals surface area contributed by atoms with Crippen molar-refractivity contribution in [2.75, 3.05) is 0 Å². The van der Waals surface area contributed by atoms with Crippen LogP contribution in [-0.4, -0.2) is 15.1 Å². The molecule has 3 rings (SSSR count). The Bertz CT molecular complexity index is 367. The zero-order chi connectivity index (χ0) is 9.76. The molecule has 0 bridgehead atoms. The first-order chi connectivity index (χ1) is 6.71. The van der Waals surface area contributed by atoms with Crippen LogP contribution in [0.15, 0.2) is 10.9 Å². The van der Waals surface area contributed by atoms with E-state index in [4.69, 9.17) is 5.73 Å². The molecule has 1 aliphatic heterocycles. The fourth-order valence-corrected chi connectivity index (χ4v) is 3.09. The predicted octanol–water partition coefficient (Wildman–Crippen LogP) is 2.01. The Balaban J connectivity index is 2.05. The molecule has 1 atom stereocenters. The normalized spacial score (nSPS) is 28.6. The third kappa shape index (κ3) is 1.17. The van der Waals surface area contributed by atoms with E-state index in [1.807, 2.05) is 6.20 Å². The van der Waals surface area contributed by atoms with Crippen molar-refractivity contribution in [2.45, 2.75) is 43.7 Å². The Hall–Kier alpha value is -0.350. The third-order valence-corrected chi connectivity index (χ3v) is 4.13. The van der Waals surface area contributed by atoms with Gasteiger partial charge in [0, 0.05) is 17.4 Å². The maximum Gasteiger partial charge on any atom is 0.177 e. The fraction of sp³-hybridized carbons (Fsp3) is 0.700. The van der Waals surface area contributed by atoms with E-state index in [0.717, 1.165) is 11.2 Å². The van der Waals surface area contributed by atoms with Gasteiger partial charge in [0.1, 0.15) is 0 Å². The molecule has 2 aliphatic rings. The highest BCUT2D eigenvalue weighted by Gasteiger charge is 2.48. The number of hydrogen-bond acceptors (Lipinski definition) is 2. The second kappa shape index (κ2) is 2.83. The largest absolute Gasteiger partial charge is 0.323 e. The van der Waals surface area contributed by atoms with Crippen LogP contribution in [0.1, 0.15) is 37.4 Å². The van der Waals surface area contributed by atoms with Gasteiger partial charge in [-0.25, -0.2) is 4.98 Å². The van der Waals surface area contributed by atoms with Gasteiger partial charge in [-0.3, -0.25) is 0 Å². The van der Waals surface area contributed by atoms with Crippen LogP contribution in [-0.2, 0) is 6.42 Å². The predicted molar refractivity (Wildman–Crippen MR) is 58.1 cm³/mol. The number of nitrogens with zero attached hydrogens (tertiary/aromatic N) is 2. The molecular weight excluding hydrogens is 242 g/mol. The summed E-state index contributed by atoms with van der Waals surface area (Å²) in [7, 11) is 0. The highest BCUT2D eigenvalue weighted by Crippen LogP contribution is 2.47. The van der Waals surface area contributed by atoms with Crippen LogP contribution in [0, 0.1) is 0 Å². The number of fused-ring (bicyclic) bond motifs is 1. The second-order valence-electron chi connectivity index (χ2n) is 4.53. The van der Waals surface area contributed by atoms with Crippen LogP contribution in [0.3, 0.4) is 0 Å². The van der Waals surface area contributed by atoms with Crippen molar-refractivity contribution in [1.82, 2.24) is 9.55 Å². The maximum absolute atomic E-state index is 6.29. The van der Waals surface area contributed by atoms with Gasteiger partial charge in [0.05, 0.1) is 6.04 Å². The first-order valence-electron chi connectivity index (χ1n) is 5.21. The minimum Gasteiger partial charge on any atom is -0.323 e. The monoisotopic (exact) mass is 255 g/mol. The molecule has 1 aliphatic carbocycles. The summed E-state index contributed by atoms with van der Waals surface area (Å²) in [6.07, 6.45) is 7.91. The first kappa shape index (κ1) is 8.92. The van der Waals surface area contributed by atoms with E-state index in [1.165, 1.54) is 31.4 Å². The molecule has 0 amide bonds. The molecular formula is C10H14BrN3. The second-order valence-corrected chi connectivity index (χ2v) is 5.24.